The van der Waals surface area contributed by atoms with Gasteiger partial charge in [0.1, 0.15) is 0 Å². The lowest BCUT2D eigenvalue weighted by atomic mass is 10.2. The van der Waals surface area contributed by atoms with Gasteiger partial charge in [-0.1, -0.05) is 0 Å². The van der Waals surface area contributed by atoms with Crippen molar-refractivity contribution in [1.82, 2.24) is 18.8 Å². The molecule has 128 valence electrons. The second-order valence-corrected chi connectivity index (χ2v) is 8.39. The largest absolute Gasteiger partial charge is 0.472 e. The van der Waals surface area contributed by atoms with Gasteiger partial charge in [-0.15, -0.1) is 0 Å². The van der Waals surface area contributed by atoms with E-state index in [9.17, 15) is 13.2 Å². The topological polar surface area (TPSA) is 86.1 Å². The Kier molecular flexibility index (Phi) is 4.35. The molecule has 1 aromatic rings. The Morgan fingerprint density at radius 2 is 2.09 bits per heavy atom. The number of carbonyl (C=O) groups is 1. The van der Waals surface area contributed by atoms with E-state index in [1.807, 2.05) is 6.07 Å². The highest BCUT2D eigenvalue weighted by molar-refractivity contribution is 7.86. The maximum absolute atomic E-state index is 12.5. The van der Waals surface area contributed by atoms with Crippen molar-refractivity contribution in [2.24, 2.45) is 0 Å². The summed E-state index contributed by atoms with van der Waals surface area (Å²) in [5.41, 5.74) is 0.956. The van der Waals surface area contributed by atoms with Crippen LogP contribution in [0.4, 0.5) is 4.79 Å². The van der Waals surface area contributed by atoms with Gasteiger partial charge in [0.05, 0.1) is 25.1 Å². The molecule has 0 unspecified atom stereocenters. The van der Waals surface area contributed by atoms with Crippen LogP contribution in [-0.4, -0.2) is 67.2 Å². The molecule has 1 aromatic heterocycles. The summed E-state index contributed by atoms with van der Waals surface area (Å²) in [5, 5.41) is 2.92. The third-order valence-corrected chi connectivity index (χ3v) is 6.02. The molecule has 8 nitrogen and oxygen atoms in total. The molecule has 0 radical (unpaired) electrons. The molecule has 2 heterocycles. The van der Waals surface area contributed by atoms with Crippen molar-refractivity contribution in [2.75, 3.05) is 27.2 Å². The second-order valence-electron chi connectivity index (χ2n) is 6.24. The Labute approximate surface area is 136 Å². The summed E-state index contributed by atoms with van der Waals surface area (Å²) in [6.07, 6.45) is 5.25. The van der Waals surface area contributed by atoms with Crippen molar-refractivity contribution in [1.29, 1.82) is 0 Å². The monoisotopic (exact) mass is 342 g/mol. The zero-order valence-electron chi connectivity index (χ0n) is 13.3. The number of nitrogens with zero attached hydrogens (tertiary/aromatic N) is 3. The highest BCUT2D eigenvalue weighted by Crippen LogP contribution is 2.28. The molecule has 0 bridgehead atoms. The standard InChI is InChI=1S/C14H22N4O4S/c1-16(2)23(20,21)17-8-12(9-17)15-14(19)18(13-3-4-13)7-11-5-6-22-10-11/h5-6,10,12-13H,3-4,7-9H2,1-2H3,(H,15,19). The molecule has 2 amide bonds. The number of rotatable bonds is 6. The van der Waals surface area contributed by atoms with E-state index in [2.05, 4.69) is 5.32 Å². The number of carbonyl (C=O) groups excluding carboxylic acids is 1. The van der Waals surface area contributed by atoms with Gasteiger partial charge in [-0.3, -0.25) is 0 Å². The molecule has 3 rings (SSSR count). The fourth-order valence-corrected chi connectivity index (χ4v) is 3.74. The maximum Gasteiger partial charge on any atom is 0.318 e. The summed E-state index contributed by atoms with van der Waals surface area (Å²) < 4.78 is 31.4. The van der Waals surface area contributed by atoms with Crippen LogP contribution in [0.3, 0.4) is 0 Å². The van der Waals surface area contributed by atoms with Gasteiger partial charge in [0.2, 0.25) is 0 Å². The Morgan fingerprint density at radius 3 is 2.61 bits per heavy atom. The van der Waals surface area contributed by atoms with Gasteiger partial charge in [0, 0.05) is 38.8 Å². The summed E-state index contributed by atoms with van der Waals surface area (Å²) in [6, 6.07) is 1.84. The first-order valence-electron chi connectivity index (χ1n) is 7.63. The third-order valence-electron chi connectivity index (χ3n) is 4.14. The number of urea groups is 1. The zero-order chi connectivity index (χ0) is 16.6. The van der Waals surface area contributed by atoms with Gasteiger partial charge in [-0.25, -0.2) is 4.79 Å². The fraction of sp³-hybridized carbons (Fsp3) is 0.643. The molecule has 0 atom stereocenters. The second kappa shape index (κ2) is 6.14. The first-order chi connectivity index (χ1) is 10.9. The first-order valence-corrected chi connectivity index (χ1v) is 9.03. The molecule has 1 N–H and O–H groups in total. The Hall–Kier alpha value is -1.58. The molecule has 0 spiro atoms. The van der Waals surface area contributed by atoms with Crippen molar-refractivity contribution in [3.63, 3.8) is 0 Å². The van der Waals surface area contributed by atoms with Crippen molar-refractivity contribution < 1.29 is 17.6 Å². The molecule has 1 aliphatic carbocycles. The average Bonchev–Trinajstić information content (AvgIpc) is 3.15. The Morgan fingerprint density at radius 1 is 1.39 bits per heavy atom. The van der Waals surface area contributed by atoms with E-state index >= 15 is 0 Å². The van der Waals surface area contributed by atoms with E-state index in [1.54, 1.807) is 17.4 Å². The van der Waals surface area contributed by atoms with E-state index in [0.29, 0.717) is 19.6 Å². The van der Waals surface area contributed by atoms with Crippen molar-refractivity contribution >= 4 is 16.2 Å². The number of amides is 2. The number of nitrogens with one attached hydrogen (secondary N) is 1. The van der Waals surface area contributed by atoms with Gasteiger partial charge < -0.3 is 14.6 Å². The minimum Gasteiger partial charge on any atom is -0.472 e. The summed E-state index contributed by atoms with van der Waals surface area (Å²) in [6.45, 7) is 1.15. The predicted molar refractivity (Wildman–Crippen MR) is 83.8 cm³/mol. The van der Waals surface area contributed by atoms with E-state index in [4.69, 9.17) is 4.42 Å². The van der Waals surface area contributed by atoms with Crippen molar-refractivity contribution in [3.05, 3.63) is 24.2 Å². The van der Waals surface area contributed by atoms with Gasteiger partial charge in [-0.2, -0.15) is 17.0 Å². The smallest absolute Gasteiger partial charge is 0.318 e. The van der Waals surface area contributed by atoms with Gasteiger partial charge >= 0.3 is 6.03 Å². The van der Waals surface area contributed by atoms with E-state index < -0.39 is 10.2 Å². The summed E-state index contributed by atoms with van der Waals surface area (Å²) in [5.74, 6) is 0. The molecular formula is C14H22N4O4S. The lowest BCUT2D eigenvalue weighted by molar-refractivity contribution is 0.166. The van der Waals surface area contributed by atoms with Crippen LogP contribution < -0.4 is 5.32 Å². The summed E-state index contributed by atoms with van der Waals surface area (Å²) in [4.78, 5) is 14.2. The molecule has 0 aromatic carbocycles. The Balaban J connectivity index is 1.53. The number of furan rings is 1. The van der Waals surface area contributed by atoms with Crippen LogP contribution in [0, 0.1) is 0 Å². The molecule has 9 heteroatoms. The van der Waals surface area contributed by atoms with E-state index in [-0.39, 0.29) is 18.1 Å². The first kappa shape index (κ1) is 16.3. The van der Waals surface area contributed by atoms with Gasteiger partial charge in [-0.05, 0) is 18.9 Å². The van der Waals surface area contributed by atoms with Gasteiger partial charge in [0.15, 0.2) is 0 Å². The van der Waals surface area contributed by atoms with Crippen LogP contribution in [0.2, 0.25) is 0 Å². The summed E-state index contributed by atoms with van der Waals surface area (Å²) in [7, 11) is -0.383. The molecule has 2 fully saturated rings. The highest BCUT2D eigenvalue weighted by atomic mass is 32.2. The van der Waals surface area contributed by atoms with E-state index in [0.717, 1.165) is 18.4 Å². The molecule has 23 heavy (non-hydrogen) atoms. The molecule has 1 saturated carbocycles. The molecular weight excluding hydrogens is 320 g/mol. The van der Waals surface area contributed by atoms with Crippen LogP contribution in [-0.2, 0) is 16.8 Å². The van der Waals surface area contributed by atoms with Crippen LogP contribution >= 0.6 is 0 Å². The van der Waals surface area contributed by atoms with Crippen molar-refractivity contribution in [2.45, 2.75) is 31.5 Å². The third kappa shape index (κ3) is 3.51. The quantitative estimate of drug-likeness (QED) is 0.813. The Bertz CT molecular complexity index is 648. The minimum atomic E-state index is -3.38. The minimum absolute atomic E-state index is 0.136. The van der Waals surface area contributed by atoms with Crippen LogP contribution in [0.15, 0.2) is 23.0 Å². The SMILES string of the molecule is CN(C)S(=O)(=O)N1CC(NC(=O)N(Cc2ccoc2)C2CC2)C1. The highest BCUT2D eigenvalue weighted by Gasteiger charge is 2.40. The summed E-state index contributed by atoms with van der Waals surface area (Å²) >= 11 is 0. The van der Waals surface area contributed by atoms with Crippen LogP contribution in [0.5, 0.6) is 0 Å². The van der Waals surface area contributed by atoms with E-state index in [1.165, 1.54) is 22.7 Å². The molecule has 1 aliphatic heterocycles. The number of hydrogen-bond acceptors (Lipinski definition) is 4. The van der Waals surface area contributed by atoms with Gasteiger partial charge in [0.25, 0.3) is 10.2 Å². The van der Waals surface area contributed by atoms with Crippen LogP contribution in [0.1, 0.15) is 18.4 Å². The zero-order valence-corrected chi connectivity index (χ0v) is 14.1. The normalized spacial score (nSPS) is 19.6. The lowest BCUT2D eigenvalue weighted by Gasteiger charge is -2.40. The molecule has 2 aliphatic rings. The number of hydrogen-bond donors (Lipinski definition) is 1. The predicted octanol–water partition coefficient (Wildman–Crippen LogP) is 0.444. The van der Waals surface area contributed by atoms with Crippen LogP contribution in [0.25, 0.3) is 0 Å². The maximum atomic E-state index is 12.5. The lowest BCUT2D eigenvalue weighted by Crippen LogP contribution is -2.64. The average molecular weight is 342 g/mol. The van der Waals surface area contributed by atoms with Crippen molar-refractivity contribution in [3.8, 4) is 0 Å². The fourth-order valence-electron chi connectivity index (χ4n) is 2.54. The molecule has 1 saturated heterocycles.